The summed E-state index contributed by atoms with van der Waals surface area (Å²) in [7, 11) is 1.67. The summed E-state index contributed by atoms with van der Waals surface area (Å²) in [6.07, 6.45) is 2.28. The lowest BCUT2D eigenvalue weighted by Gasteiger charge is -2.10. The van der Waals surface area contributed by atoms with E-state index < -0.39 is 0 Å². The number of nitrogens with zero attached hydrogens (tertiary/aromatic N) is 2. The normalized spacial score (nSPS) is 10.9. The number of rotatable bonds is 4. The SMILES string of the molecule is COc1ccc2c(Cc3ccco3)nnc(-c3ccccc3)c2c1. The zero-order valence-corrected chi connectivity index (χ0v) is 13.3. The Hall–Kier alpha value is -3.14. The molecule has 4 rings (SSSR count). The van der Waals surface area contributed by atoms with Crippen LogP contribution in [-0.4, -0.2) is 17.3 Å². The van der Waals surface area contributed by atoms with Crippen LogP contribution in [0.3, 0.4) is 0 Å². The predicted octanol–water partition coefficient (Wildman–Crippen LogP) is 4.49. The van der Waals surface area contributed by atoms with Gasteiger partial charge < -0.3 is 9.15 Å². The molecule has 0 fully saturated rings. The summed E-state index contributed by atoms with van der Waals surface area (Å²) in [5, 5.41) is 11.0. The number of ether oxygens (including phenoxy) is 1. The summed E-state index contributed by atoms with van der Waals surface area (Å²) >= 11 is 0. The molecule has 24 heavy (non-hydrogen) atoms. The molecule has 0 unspecified atom stereocenters. The average Bonchev–Trinajstić information content (AvgIpc) is 3.15. The first-order valence-corrected chi connectivity index (χ1v) is 7.76. The molecule has 0 amide bonds. The second kappa shape index (κ2) is 6.16. The number of furan rings is 1. The average molecular weight is 316 g/mol. The van der Waals surface area contributed by atoms with Crippen LogP contribution in [0.25, 0.3) is 22.0 Å². The fourth-order valence-electron chi connectivity index (χ4n) is 2.83. The molecule has 0 bridgehead atoms. The van der Waals surface area contributed by atoms with Crippen LogP contribution >= 0.6 is 0 Å². The van der Waals surface area contributed by atoms with Gasteiger partial charge in [0.1, 0.15) is 17.2 Å². The Labute approximate surface area is 139 Å². The first-order valence-electron chi connectivity index (χ1n) is 7.76. The summed E-state index contributed by atoms with van der Waals surface area (Å²) in [5.41, 5.74) is 2.78. The highest BCUT2D eigenvalue weighted by molar-refractivity contribution is 5.96. The minimum atomic E-state index is 0.609. The van der Waals surface area contributed by atoms with Gasteiger partial charge in [0.2, 0.25) is 0 Å². The molecule has 118 valence electrons. The maximum atomic E-state index is 5.45. The van der Waals surface area contributed by atoms with Gasteiger partial charge in [-0.1, -0.05) is 30.3 Å². The van der Waals surface area contributed by atoms with Gasteiger partial charge in [0.05, 0.1) is 25.5 Å². The molecule has 0 aliphatic rings. The van der Waals surface area contributed by atoms with Crippen molar-refractivity contribution in [3.05, 3.63) is 78.4 Å². The van der Waals surface area contributed by atoms with E-state index in [9.17, 15) is 0 Å². The molecule has 0 saturated carbocycles. The first kappa shape index (κ1) is 14.5. The number of hydrogen-bond acceptors (Lipinski definition) is 4. The van der Waals surface area contributed by atoms with Crippen molar-refractivity contribution in [1.29, 1.82) is 0 Å². The Morgan fingerprint density at radius 2 is 1.79 bits per heavy atom. The molecule has 0 atom stereocenters. The van der Waals surface area contributed by atoms with Crippen LogP contribution in [0.2, 0.25) is 0 Å². The van der Waals surface area contributed by atoms with E-state index in [1.807, 2.05) is 60.7 Å². The first-order chi connectivity index (χ1) is 11.8. The van der Waals surface area contributed by atoms with Gasteiger partial charge in [0.25, 0.3) is 0 Å². The molecule has 0 N–H and O–H groups in total. The third-order valence-electron chi connectivity index (χ3n) is 4.03. The Bertz CT molecular complexity index is 964. The van der Waals surface area contributed by atoms with Gasteiger partial charge in [-0.15, -0.1) is 5.10 Å². The standard InChI is InChI=1S/C20H16N2O2/c1-23-15-9-10-17-18(12-15)20(14-6-3-2-4-7-14)22-21-19(17)13-16-8-5-11-24-16/h2-12H,13H2,1H3. The number of hydrogen-bond donors (Lipinski definition) is 0. The molecular formula is C20H16N2O2. The van der Waals surface area contributed by atoms with Crippen molar-refractivity contribution in [2.75, 3.05) is 7.11 Å². The van der Waals surface area contributed by atoms with Gasteiger partial charge in [-0.25, -0.2) is 0 Å². The minimum absolute atomic E-state index is 0.609. The molecule has 2 aromatic heterocycles. The van der Waals surface area contributed by atoms with Gasteiger partial charge >= 0.3 is 0 Å². The van der Waals surface area contributed by atoms with Gasteiger partial charge in [0, 0.05) is 16.3 Å². The topological polar surface area (TPSA) is 48.2 Å². The van der Waals surface area contributed by atoms with Gasteiger partial charge in [-0.3, -0.25) is 0 Å². The van der Waals surface area contributed by atoms with E-state index >= 15 is 0 Å². The van der Waals surface area contributed by atoms with Crippen molar-refractivity contribution < 1.29 is 9.15 Å². The Morgan fingerprint density at radius 1 is 0.917 bits per heavy atom. The van der Waals surface area contributed by atoms with Crippen molar-refractivity contribution in [3.8, 4) is 17.0 Å². The monoisotopic (exact) mass is 316 g/mol. The molecule has 2 heterocycles. The quantitative estimate of drug-likeness (QED) is 0.556. The van der Waals surface area contributed by atoms with E-state index in [0.29, 0.717) is 6.42 Å². The van der Waals surface area contributed by atoms with Gasteiger partial charge in [0.15, 0.2) is 0 Å². The maximum absolute atomic E-state index is 5.45. The molecule has 4 aromatic rings. The Kier molecular flexibility index (Phi) is 3.71. The van der Waals surface area contributed by atoms with Crippen LogP contribution in [0.5, 0.6) is 5.75 Å². The molecule has 2 aromatic carbocycles. The van der Waals surface area contributed by atoms with E-state index in [1.165, 1.54) is 0 Å². The van der Waals surface area contributed by atoms with E-state index in [2.05, 4.69) is 10.2 Å². The molecule has 0 aliphatic heterocycles. The third kappa shape index (κ3) is 2.63. The highest BCUT2D eigenvalue weighted by Gasteiger charge is 2.13. The van der Waals surface area contributed by atoms with E-state index in [0.717, 1.165) is 39.2 Å². The number of methoxy groups -OCH3 is 1. The number of fused-ring (bicyclic) bond motifs is 1. The fraction of sp³-hybridized carbons (Fsp3) is 0.100. The van der Waals surface area contributed by atoms with Crippen molar-refractivity contribution in [2.45, 2.75) is 6.42 Å². The summed E-state index contributed by atoms with van der Waals surface area (Å²) in [5.74, 6) is 1.67. The largest absolute Gasteiger partial charge is 0.497 e. The van der Waals surface area contributed by atoms with E-state index in [4.69, 9.17) is 9.15 Å². The smallest absolute Gasteiger partial charge is 0.119 e. The lowest BCUT2D eigenvalue weighted by Crippen LogP contribution is -1.99. The molecule has 0 saturated heterocycles. The second-order valence-electron chi connectivity index (χ2n) is 5.53. The van der Waals surface area contributed by atoms with Crippen molar-refractivity contribution in [2.24, 2.45) is 0 Å². The van der Waals surface area contributed by atoms with Crippen LogP contribution in [0.1, 0.15) is 11.5 Å². The summed E-state index contributed by atoms with van der Waals surface area (Å²) in [6.45, 7) is 0. The van der Waals surface area contributed by atoms with Gasteiger partial charge in [-0.05, 0) is 30.3 Å². The zero-order chi connectivity index (χ0) is 16.4. The molecule has 4 nitrogen and oxygen atoms in total. The zero-order valence-electron chi connectivity index (χ0n) is 13.3. The molecule has 4 heteroatoms. The Balaban J connectivity index is 1.91. The van der Waals surface area contributed by atoms with Crippen LogP contribution in [0.4, 0.5) is 0 Å². The minimum Gasteiger partial charge on any atom is -0.497 e. The number of aromatic nitrogens is 2. The van der Waals surface area contributed by atoms with Crippen LogP contribution < -0.4 is 4.74 Å². The molecule has 0 spiro atoms. The van der Waals surface area contributed by atoms with E-state index in [1.54, 1.807) is 13.4 Å². The van der Waals surface area contributed by atoms with Crippen LogP contribution in [0.15, 0.2) is 71.3 Å². The molecule has 0 aliphatic carbocycles. The second-order valence-corrected chi connectivity index (χ2v) is 5.53. The highest BCUT2D eigenvalue weighted by Crippen LogP contribution is 2.31. The summed E-state index contributed by atoms with van der Waals surface area (Å²) < 4.78 is 10.8. The Morgan fingerprint density at radius 3 is 2.54 bits per heavy atom. The number of benzene rings is 2. The fourth-order valence-corrected chi connectivity index (χ4v) is 2.83. The molecular weight excluding hydrogens is 300 g/mol. The van der Waals surface area contributed by atoms with Crippen LogP contribution in [-0.2, 0) is 6.42 Å². The summed E-state index contributed by atoms with van der Waals surface area (Å²) in [4.78, 5) is 0. The van der Waals surface area contributed by atoms with Crippen LogP contribution in [0, 0.1) is 0 Å². The molecule has 0 radical (unpaired) electrons. The van der Waals surface area contributed by atoms with Crippen molar-refractivity contribution >= 4 is 10.8 Å². The van der Waals surface area contributed by atoms with E-state index in [-0.39, 0.29) is 0 Å². The highest BCUT2D eigenvalue weighted by atomic mass is 16.5. The van der Waals surface area contributed by atoms with Crippen molar-refractivity contribution in [3.63, 3.8) is 0 Å². The predicted molar refractivity (Wildman–Crippen MR) is 93.0 cm³/mol. The van der Waals surface area contributed by atoms with Gasteiger partial charge in [-0.2, -0.15) is 5.10 Å². The lowest BCUT2D eigenvalue weighted by molar-refractivity contribution is 0.415. The third-order valence-corrected chi connectivity index (χ3v) is 4.03. The summed E-state index contributed by atoms with van der Waals surface area (Å²) in [6, 6.07) is 19.9. The lowest BCUT2D eigenvalue weighted by atomic mass is 10.0. The maximum Gasteiger partial charge on any atom is 0.119 e. The van der Waals surface area contributed by atoms with Crippen molar-refractivity contribution in [1.82, 2.24) is 10.2 Å².